The minimum Gasteiger partial charge on any atom is -0.394 e. The maximum Gasteiger partial charge on any atom is 0.0697 e. The third-order valence-electron chi connectivity index (χ3n) is 7.89. The van der Waals surface area contributed by atoms with Gasteiger partial charge in [0, 0.05) is 0 Å². The summed E-state index contributed by atoms with van der Waals surface area (Å²) in [5, 5.41) is 9.05. The zero-order chi connectivity index (χ0) is 17.4. The standard InChI is InChI=1S/C22H38O2/c1-16(2)17-6-8-19-18(14-17)7-9-20-21(3,15-24-13-12-23)10-5-11-22(19,20)4/h7,16-17,19-20,23H,5-6,8-15H2,1-4H3. The van der Waals surface area contributed by atoms with Crippen molar-refractivity contribution in [2.45, 2.75) is 72.6 Å². The summed E-state index contributed by atoms with van der Waals surface area (Å²) in [6.45, 7) is 11.3. The van der Waals surface area contributed by atoms with Crippen molar-refractivity contribution < 1.29 is 9.84 Å². The summed E-state index contributed by atoms with van der Waals surface area (Å²) in [4.78, 5) is 0. The fraction of sp³-hybridized carbons (Fsp3) is 0.909. The van der Waals surface area contributed by atoms with Crippen molar-refractivity contribution in [1.29, 1.82) is 0 Å². The summed E-state index contributed by atoms with van der Waals surface area (Å²) in [6.07, 6.45) is 12.0. The van der Waals surface area contributed by atoms with Gasteiger partial charge in [-0.1, -0.05) is 45.8 Å². The minimum absolute atomic E-state index is 0.140. The van der Waals surface area contributed by atoms with Gasteiger partial charge < -0.3 is 9.84 Å². The first-order valence-electron chi connectivity index (χ1n) is 10.3. The van der Waals surface area contributed by atoms with E-state index in [1.165, 1.54) is 44.9 Å². The molecule has 2 saturated carbocycles. The normalized spacial score (nSPS) is 42.4. The van der Waals surface area contributed by atoms with E-state index in [-0.39, 0.29) is 12.0 Å². The fourth-order valence-corrected chi connectivity index (χ4v) is 6.46. The SMILES string of the molecule is CC(C)C1CCC2C(=CCC3C(C)(COCCO)CCCC23C)C1. The Kier molecular flexibility index (Phi) is 5.47. The number of hydrogen-bond acceptors (Lipinski definition) is 2. The molecule has 2 heteroatoms. The lowest BCUT2D eigenvalue weighted by molar-refractivity contribution is -0.0968. The van der Waals surface area contributed by atoms with Gasteiger partial charge in [0.1, 0.15) is 0 Å². The first kappa shape index (κ1) is 18.5. The van der Waals surface area contributed by atoms with E-state index in [0.717, 1.165) is 30.3 Å². The van der Waals surface area contributed by atoms with Crippen LogP contribution in [0.3, 0.4) is 0 Å². The first-order chi connectivity index (χ1) is 11.4. The van der Waals surface area contributed by atoms with Gasteiger partial charge in [-0.3, -0.25) is 0 Å². The molecule has 5 atom stereocenters. The van der Waals surface area contributed by atoms with Gasteiger partial charge in [0.25, 0.3) is 0 Å². The molecule has 24 heavy (non-hydrogen) atoms. The lowest BCUT2D eigenvalue weighted by Gasteiger charge is -2.59. The number of allylic oxidation sites excluding steroid dienone is 2. The van der Waals surface area contributed by atoms with Crippen molar-refractivity contribution in [1.82, 2.24) is 0 Å². The van der Waals surface area contributed by atoms with Crippen LogP contribution < -0.4 is 0 Å². The van der Waals surface area contributed by atoms with Gasteiger partial charge in [-0.25, -0.2) is 0 Å². The predicted molar refractivity (Wildman–Crippen MR) is 99.8 cm³/mol. The van der Waals surface area contributed by atoms with Crippen LogP contribution in [0, 0.1) is 34.5 Å². The second kappa shape index (κ2) is 7.11. The third-order valence-corrected chi connectivity index (χ3v) is 7.89. The molecule has 1 N–H and O–H groups in total. The van der Waals surface area contributed by atoms with Crippen LogP contribution >= 0.6 is 0 Å². The zero-order valence-electron chi connectivity index (χ0n) is 16.3. The highest BCUT2D eigenvalue weighted by Crippen LogP contribution is 2.62. The number of fused-ring (bicyclic) bond motifs is 3. The highest BCUT2D eigenvalue weighted by molar-refractivity contribution is 5.22. The number of aliphatic hydroxyl groups is 1. The van der Waals surface area contributed by atoms with E-state index in [0.29, 0.717) is 12.0 Å². The second-order valence-electron chi connectivity index (χ2n) is 9.70. The van der Waals surface area contributed by atoms with Crippen LogP contribution in [0.2, 0.25) is 0 Å². The van der Waals surface area contributed by atoms with Crippen LogP contribution in [0.25, 0.3) is 0 Å². The molecular weight excluding hydrogens is 296 g/mol. The Bertz CT molecular complexity index is 469. The summed E-state index contributed by atoms with van der Waals surface area (Å²) < 4.78 is 5.83. The molecule has 0 spiro atoms. The highest BCUT2D eigenvalue weighted by Gasteiger charge is 2.54. The van der Waals surface area contributed by atoms with E-state index in [4.69, 9.17) is 9.84 Å². The van der Waals surface area contributed by atoms with E-state index >= 15 is 0 Å². The summed E-state index contributed by atoms with van der Waals surface area (Å²) in [5.41, 5.74) is 2.53. The van der Waals surface area contributed by atoms with E-state index in [2.05, 4.69) is 33.8 Å². The van der Waals surface area contributed by atoms with Crippen LogP contribution in [0.1, 0.15) is 72.6 Å². The molecule has 5 unspecified atom stereocenters. The van der Waals surface area contributed by atoms with Crippen LogP contribution in [-0.2, 0) is 4.74 Å². The molecule has 3 aliphatic rings. The van der Waals surface area contributed by atoms with Gasteiger partial charge >= 0.3 is 0 Å². The molecule has 0 aromatic carbocycles. The molecule has 0 aliphatic heterocycles. The number of rotatable bonds is 5. The summed E-state index contributed by atoms with van der Waals surface area (Å²) in [5.74, 6) is 3.27. The lowest BCUT2D eigenvalue weighted by atomic mass is 9.46. The number of aliphatic hydroxyl groups excluding tert-OH is 1. The summed E-state index contributed by atoms with van der Waals surface area (Å²) >= 11 is 0. The minimum atomic E-state index is 0.140. The van der Waals surface area contributed by atoms with Gasteiger partial charge in [-0.15, -0.1) is 0 Å². The Labute approximate surface area is 149 Å². The summed E-state index contributed by atoms with van der Waals surface area (Å²) in [6, 6.07) is 0. The van der Waals surface area contributed by atoms with Crippen LogP contribution in [-0.4, -0.2) is 24.9 Å². The van der Waals surface area contributed by atoms with Crippen LogP contribution in [0.4, 0.5) is 0 Å². The molecular formula is C22H38O2. The second-order valence-corrected chi connectivity index (χ2v) is 9.70. The predicted octanol–water partition coefficient (Wildman–Crippen LogP) is 5.21. The van der Waals surface area contributed by atoms with Gasteiger partial charge in [0.2, 0.25) is 0 Å². The molecule has 0 radical (unpaired) electrons. The lowest BCUT2D eigenvalue weighted by Crippen LogP contribution is -2.52. The van der Waals surface area contributed by atoms with E-state index < -0.39 is 0 Å². The molecule has 0 aromatic rings. The Hall–Kier alpha value is -0.340. The van der Waals surface area contributed by atoms with Crippen molar-refractivity contribution in [2.24, 2.45) is 34.5 Å². The quantitative estimate of drug-likeness (QED) is 0.552. The molecule has 3 aliphatic carbocycles. The molecule has 0 heterocycles. The molecule has 0 aromatic heterocycles. The maximum absolute atomic E-state index is 9.05. The van der Waals surface area contributed by atoms with Crippen LogP contribution in [0.15, 0.2) is 11.6 Å². The van der Waals surface area contributed by atoms with Crippen LogP contribution in [0.5, 0.6) is 0 Å². The van der Waals surface area contributed by atoms with Gasteiger partial charge in [0.05, 0.1) is 19.8 Å². The van der Waals surface area contributed by atoms with Crippen molar-refractivity contribution in [3.8, 4) is 0 Å². The Morgan fingerprint density at radius 2 is 2.04 bits per heavy atom. The number of hydrogen-bond donors (Lipinski definition) is 1. The highest BCUT2D eigenvalue weighted by atomic mass is 16.5. The Morgan fingerprint density at radius 3 is 2.75 bits per heavy atom. The van der Waals surface area contributed by atoms with Crippen molar-refractivity contribution in [3.63, 3.8) is 0 Å². The third kappa shape index (κ3) is 3.21. The first-order valence-corrected chi connectivity index (χ1v) is 10.3. The molecule has 138 valence electrons. The molecule has 0 bridgehead atoms. The van der Waals surface area contributed by atoms with E-state index in [1.54, 1.807) is 5.57 Å². The van der Waals surface area contributed by atoms with Crippen molar-refractivity contribution in [2.75, 3.05) is 19.8 Å². The Balaban J connectivity index is 1.80. The maximum atomic E-state index is 9.05. The number of ether oxygens (including phenoxy) is 1. The van der Waals surface area contributed by atoms with Gasteiger partial charge in [-0.05, 0) is 73.0 Å². The van der Waals surface area contributed by atoms with Crippen molar-refractivity contribution in [3.05, 3.63) is 11.6 Å². The molecule has 0 amide bonds. The molecule has 3 rings (SSSR count). The largest absolute Gasteiger partial charge is 0.394 e. The average Bonchev–Trinajstić information content (AvgIpc) is 2.54. The van der Waals surface area contributed by atoms with E-state index in [9.17, 15) is 0 Å². The van der Waals surface area contributed by atoms with E-state index in [1.807, 2.05) is 0 Å². The zero-order valence-corrected chi connectivity index (χ0v) is 16.3. The fourth-order valence-electron chi connectivity index (χ4n) is 6.46. The monoisotopic (exact) mass is 334 g/mol. The van der Waals surface area contributed by atoms with Gasteiger partial charge in [0.15, 0.2) is 0 Å². The van der Waals surface area contributed by atoms with Crippen molar-refractivity contribution >= 4 is 0 Å². The smallest absolute Gasteiger partial charge is 0.0697 e. The molecule has 2 fully saturated rings. The Morgan fingerprint density at radius 1 is 1.25 bits per heavy atom. The topological polar surface area (TPSA) is 29.5 Å². The summed E-state index contributed by atoms with van der Waals surface area (Å²) in [7, 11) is 0. The average molecular weight is 335 g/mol. The van der Waals surface area contributed by atoms with Gasteiger partial charge in [-0.2, -0.15) is 0 Å². The molecule has 0 saturated heterocycles. The molecule has 2 nitrogen and oxygen atoms in total.